The monoisotopic (exact) mass is 341 g/mol. The number of carbonyl (C=O) groups excluding carboxylic acids is 1. The van der Waals surface area contributed by atoms with Crippen LogP contribution in [0.25, 0.3) is 0 Å². The molecule has 1 amide bonds. The third-order valence-electron chi connectivity index (χ3n) is 4.27. The van der Waals surface area contributed by atoms with Crippen LogP contribution in [-0.2, 0) is 13.5 Å². The molecule has 2 unspecified atom stereocenters. The average molecular weight is 342 g/mol. The van der Waals surface area contributed by atoms with E-state index in [1.165, 1.54) is 25.7 Å². The van der Waals surface area contributed by atoms with Gasteiger partial charge in [-0.05, 0) is 31.1 Å². The Hall–Kier alpha value is -0.840. The maximum Gasteiger partial charge on any atom is 0.254 e. The molecule has 0 radical (unpaired) electrons. The number of nitrogens with zero attached hydrogens (tertiary/aromatic N) is 2. The molecular formula is C15H24BrN3O. The quantitative estimate of drug-likeness (QED) is 0.837. The van der Waals surface area contributed by atoms with E-state index in [4.69, 9.17) is 0 Å². The molecule has 4 nitrogen and oxygen atoms in total. The molecule has 1 aromatic rings. The first-order chi connectivity index (χ1) is 9.65. The zero-order valence-corrected chi connectivity index (χ0v) is 13.9. The maximum atomic E-state index is 12.3. The number of rotatable bonds is 5. The predicted octanol–water partition coefficient (Wildman–Crippen LogP) is 2.91. The van der Waals surface area contributed by atoms with Gasteiger partial charge in [0.25, 0.3) is 5.91 Å². The van der Waals surface area contributed by atoms with Crippen molar-refractivity contribution in [3.05, 3.63) is 17.5 Å². The van der Waals surface area contributed by atoms with Gasteiger partial charge >= 0.3 is 0 Å². The van der Waals surface area contributed by atoms with Gasteiger partial charge in [0.1, 0.15) is 0 Å². The van der Waals surface area contributed by atoms with Crippen LogP contribution in [0.3, 0.4) is 0 Å². The van der Waals surface area contributed by atoms with Crippen LogP contribution in [0.2, 0.25) is 0 Å². The molecule has 1 aromatic heterocycles. The SMILES string of the molecule is CCc1nn(C)cc1C(=O)NCC1CCCCC1CBr. The van der Waals surface area contributed by atoms with Crippen molar-refractivity contribution in [2.45, 2.75) is 39.0 Å². The van der Waals surface area contributed by atoms with Crippen molar-refractivity contribution in [3.8, 4) is 0 Å². The largest absolute Gasteiger partial charge is 0.352 e. The summed E-state index contributed by atoms with van der Waals surface area (Å²) in [6.07, 6.45) is 7.72. The lowest BCUT2D eigenvalue weighted by Crippen LogP contribution is -2.35. The number of aryl methyl sites for hydroxylation is 2. The van der Waals surface area contributed by atoms with Gasteiger partial charge in [0.15, 0.2) is 0 Å². The van der Waals surface area contributed by atoms with Crippen LogP contribution in [0, 0.1) is 11.8 Å². The summed E-state index contributed by atoms with van der Waals surface area (Å²) in [5.74, 6) is 1.33. The van der Waals surface area contributed by atoms with Gasteiger partial charge in [0.05, 0.1) is 11.3 Å². The number of nitrogens with one attached hydrogen (secondary N) is 1. The summed E-state index contributed by atoms with van der Waals surface area (Å²) in [5.41, 5.74) is 1.60. The van der Waals surface area contributed by atoms with Crippen molar-refractivity contribution in [2.75, 3.05) is 11.9 Å². The molecule has 112 valence electrons. The minimum atomic E-state index is 0.0221. The maximum absolute atomic E-state index is 12.3. The highest BCUT2D eigenvalue weighted by molar-refractivity contribution is 9.09. The lowest BCUT2D eigenvalue weighted by atomic mass is 9.80. The highest BCUT2D eigenvalue weighted by Gasteiger charge is 2.25. The first-order valence-electron chi connectivity index (χ1n) is 7.52. The molecule has 1 N–H and O–H groups in total. The van der Waals surface area contributed by atoms with Gasteiger partial charge in [0.2, 0.25) is 0 Å². The summed E-state index contributed by atoms with van der Waals surface area (Å²) >= 11 is 3.60. The van der Waals surface area contributed by atoms with Crippen LogP contribution in [0.1, 0.15) is 48.7 Å². The number of halogens is 1. The van der Waals surface area contributed by atoms with Gasteiger partial charge in [0, 0.05) is 25.1 Å². The van der Waals surface area contributed by atoms with Gasteiger partial charge in [-0.15, -0.1) is 0 Å². The average Bonchev–Trinajstić information content (AvgIpc) is 2.86. The van der Waals surface area contributed by atoms with Crippen molar-refractivity contribution >= 4 is 21.8 Å². The second kappa shape index (κ2) is 7.25. The third kappa shape index (κ3) is 3.62. The molecule has 1 heterocycles. The Balaban J connectivity index is 1.94. The second-order valence-electron chi connectivity index (χ2n) is 5.69. The highest BCUT2D eigenvalue weighted by Crippen LogP contribution is 2.30. The fourth-order valence-corrected chi connectivity index (χ4v) is 3.91. The number of carbonyl (C=O) groups is 1. The predicted molar refractivity (Wildman–Crippen MR) is 84.2 cm³/mol. The molecule has 2 atom stereocenters. The number of amides is 1. The lowest BCUT2D eigenvalue weighted by molar-refractivity contribution is 0.0936. The Bertz CT molecular complexity index is 458. The van der Waals surface area contributed by atoms with E-state index in [0.717, 1.165) is 29.6 Å². The Morgan fingerprint density at radius 2 is 2.15 bits per heavy atom. The van der Waals surface area contributed by atoms with E-state index >= 15 is 0 Å². The summed E-state index contributed by atoms with van der Waals surface area (Å²) in [6.45, 7) is 2.81. The molecule has 2 rings (SSSR count). The number of hydrogen-bond donors (Lipinski definition) is 1. The van der Waals surface area contributed by atoms with Crippen LogP contribution in [0.4, 0.5) is 0 Å². The van der Waals surface area contributed by atoms with E-state index < -0.39 is 0 Å². The normalized spacial score (nSPS) is 22.8. The molecule has 0 aromatic carbocycles. The molecule has 1 saturated carbocycles. The Kier molecular flexibility index (Phi) is 5.64. The van der Waals surface area contributed by atoms with Crippen molar-refractivity contribution in [3.63, 3.8) is 0 Å². The summed E-state index contributed by atoms with van der Waals surface area (Å²) in [5, 5.41) is 8.47. The molecule has 1 aliphatic carbocycles. The molecule has 0 aliphatic heterocycles. The van der Waals surface area contributed by atoms with Crippen molar-refractivity contribution in [2.24, 2.45) is 18.9 Å². The van der Waals surface area contributed by atoms with Gasteiger partial charge in [-0.1, -0.05) is 35.7 Å². The van der Waals surface area contributed by atoms with E-state index in [9.17, 15) is 4.79 Å². The topological polar surface area (TPSA) is 46.9 Å². The summed E-state index contributed by atoms with van der Waals surface area (Å²) in [4.78, 5) is 12.3. The lowest BCUT2D eigenvalue weighted by Gasteiger charge is -2.30. The first-order valence-corrected chi connectivity index (χ1v) is 8.64. The Morgan fingerprint density at radius 3 is 2.80 bits per heavy atom. The van der Waals surface area contributed by atoms with Crippen LogP contribution < -0.4 is 5.32 Å². The van der Waals surface area contributed by atoms with E-state index in [-0.39, 0.29) is 5.91 Å². The van der Waals surface area contributed by atoms with Crippen molar-refractivity contribution in [1.29, 1.82) is 0 Å². The van der Waals surface area contributed by atoms with Gasteiger partial charge in [-0.3, -0.25) is 9.48 Å². The van der Waals surface area contributed by atoms with Crippen LogP contribution >= 0.6 is 15.9 Å². The highest BCUT2D eigenvalue weighted by atomic mass is 79.9. The number of alkyl halides is 1. The molecular weight excluding hydrogens is 318 g/mol. The second-order valence-corrected chi connectivity index (χ2v) is 6.33. The summed E-state index contributed by atoms with van der Waals surface area (Å²) in [7, 11) is 1.86. The minimum Gasteiger partial charge on any atom is -0.352 e. The smallest absolute Gasteiger partial charge is 0.254 e. The Morgan fingerprint density at radius 1 is 1.45 bits per heavy atom. The van der Waals surface area contributed by atoms with E-state index in [1.807, 2.05) is 20.2 Å². The third-order valence-corrected chi connectivity index (χ3v) is 5.11. The molecule has 0 bridgehead atoms. The van der Waals surface area contributed by atoms with E-state index in [0.29, 0.717) is 11.8 Å². The van der Waals surface area contributed by atoms with Crippen LogP contribution in [0.5, 0.6) is 0 Å². The van der Waals surface area contributed by atoms with E-state index in [1.54, 1.807) is 4.68 Å². The number of aromatic nitrogens is 2. The van der Waals surface area contributed by atoms with Crippen molar-refractivity contribution < 1.29 is 4.79 Å². The fourth-order valence-electron chi connectivity index (χ4n) is 3.06. The number of hydrogen-bond acceptors (Lipinski definition) is 2. The first kappa shape index (κ1) is 15.5. The van der Waals surface area contributed by atoms with Crippen LogP contribution in [0.15, 0.2) is 6.20 Å². The standard InChI is InChI=1S/C15H24BrN3O/c1-3-14-13(10-19(2)18-14)15(20)17-9-12-7-5-4-6-11(12)8-16/h10-12H,3-9H2,1-2H3,(H,17,20). The molecule has 1 fully saturated rings. The molecule has 0 saturated heterocycles. The summed E-state index contributed by atoms with van der Waals surface area (Å²) in [6, 6.07) is 0. The van der Waals surface area contributed by atoms with Gasteiger partial charge in [-0.25, -0.2) is 0 Å². The zero-order chi connectivity index (χ0) is 14.5. The van der Waals surface area contributed by atoms with Crippen molar-refractivity contribution in [1.82, 2.24) is 15.1 Å². The molecule has 20 heavy (non-hydrogen) atoms. The molecule has 1 aliphatic rings. The fraction of sp³-hybridized carbons (Fsp3) is 0.733. The minimum absolute atomic E-state index is 0.0221. The Labute approximate surface area is 129 Å². The zero-order valence-electron chi connectivity index (χ0n) is 12.4. The van der Waals surface area contributed by atoms with Gasteiger partial charge in [-0.2, -0.15) is 5.10 Å². The summed E-state index contributed by atoms with van der Waals surface area (Å²) < 4.78 is 1.72. The molecule has 0 spiro atoms. The molecule has 5 heteroatoms. The van der Waals surface area contributed by atoms with Gasteiger partial charge < -0.3 is 5.32 Å². The van der Waals surface area contributed by atoms with Crippen LogP contribution in [-0.4, -0.2) is 27.6 Å². The van der Waals surface area contributed by atoms with E-state index in [2.05, 4.69) is 26.3 Å².